The zero-order valence-electron chi connectivity index (χ0n) is 8.51. The normalized spacial score (nSPS) is 10.8. The number of benzene rings is 1. The van der Waals surface area contributed by atoms with Crippen molar-refractivity contribution in [3.8, 4) is 0 Å². The van der Waals surface area contributed by atoms with Gasteiger partial charge in [-0.05, 0) is 30.5 Å². The number of rotatable bonds is 3. The van der Waals surface area contributed by atoms with Crippen LogP contribution in [0.3, 0.4) is 0 Å². The lowest BCUT2D eigenvalue weighted by molar-refractivity contribution is 0.596. The molecule has 80 valence electrons. The van der Waals surface area contributed by atoms with Crippen LogP contribution < -0.4 is 0 Å². The molecule has 5 nitrogen and oxygen atoms in total. The highest BCUT2D eigenvalue weighted by Gasteiger charge is 2.15. The fraction of sp³-hybridized carbons (Fsp3) is 0.333. The highest BCUT2D eigenvalue weighted by Crippen LogP contribution is 2.20. The molecular weight excluding hydrogens is 214 g/mol. The average molecular weight is 225 g/mol. The molecule has 0 aliphatic carbocycles. The van der Waals surface area contributed by atoms with Gasteiger partial charge in [-0.15, -0.1) is 0 Å². The third-order valence-corrected chi connectivity index (χ3v) is 3.26. The van der Waals surface area contributed by atoms with E-state index in [1.807, 2.05) is 13.8 Å². The van der Waals surface area contributed by atoms with E-state index in [4.69, 9.17) is 5.53 Å². The first-order valence-electron chi connectivity index (χ1n) is 4.42. The van der Waals surface area contributed by atoms with Crippen LogP contribution in [-0.4, -0.2) is 8.42 Å². The van der Waals surface area contributed by atoms with Crippen LogP contribution in [0.4, 0.5) is 0 Å². The van der Waals surface area contributed by atoms with Crippen LogP contribution in [0.1, 0.15) is 18.1 Å². The smallest absolute Gasteiger partial charge is 0.216 e. The number of nitrogens with zero attached hydrogens (tertiary/aromatic N) is 3. The molecule has 0 amide bonds. The summed E-state index contributed by atoms with van der Waals surface area (Å²) in [7, 11) is -3.86. The molecule has 0 saturated carbocycles. The largest absolute Gasteiger partial charge is 0.264 e. The Balaban J connectivity index is 3.44. The number of hydrogen-bond donors (Lipinski definition) is 0. The lowest BCUT2D eigenvalue weighted by Gasteiger charge is -2.05. The van der Waals surface area contributed by atoms with E-state index in [1.165, 1.54) is 6.07 Å². The molecule has 0 saturated heterocycles. The van der Waals surface area contributed by atoms with E-state index >= 15 is 0 Å². The molecule has 0 fully saturated rings. The maximum Gasteiger partial charge on any atom is 0.264 e. The number of azide groups is 1. The van der Waals surface area contributed by atoms with Crippen LogP contribution in [0.25, 0.3) is 10.4 Å². The molecule has 0 atom stereocenters. The van der Waals surface area contributed by atoms with E-state index < -0.39 is 10.0 Å². The van der Waals surface area contributed by atoms with Crippen LogP contribution >= 0.6 is 0 Å². The van der Waals surface area contributed by atoms with Crippen LogP contribution in [0.15, 0.2) is 27.6 Å². The molecule has 0 aromatic heterocycles. The van der Waals surface area contributed by atoms with Crippen LogP contribution in [0.5, 0.6) is 0 Å². The van der Waals surface area contributed by atoms with Gasteiger partial charge in [0, 0.05) is 9.43 Å². The molecule has 0 aliphatic rings. The van der Waals surface area contributed by atoms with Gasteiger partial charge in [0.15, 0.2) is 0 Å². The summed E-state index contributed by atoms with van der Waals surface area (Å²) in [6.07, 6.45) is 0.581. The van der Waals surface area contributed by atoms with Crippen molar-refractivity contribution in [2.75, 3.05) is 0 Å². The maximum atomic E-state index is 11.5. The molecule has 1 aromatic carbocycles. The highest BCUT2D eigenvalue weighted by molar-refractivity contribution is 7.90. The Morgan fingerprint density at radius 1 is 1.47 bits per heavy atom. The molecule has 0 heterocycles. The minimum atomic E-state index is -3.86. The SMILES string of the molecule is CCc1cc(C)ccc1S(=O)(=O)N=[N+]=[N-]. The Kier molecular flexibility index (Phi) is 3.34. The molecule has 15 heavy (non-hydrogen) atoms. The third-order valence-electron chi connectivity index (χ3n) is 2.02. The quantitative estimate of drug-likeness (QED) is 0.450. The van der Waals surface area contributed by atoms with Gasteiger partial charge in [-0.2, -0.15) is 0 Å². The second-order valence-corrected chi connectivity index (χ2v) is 4.66. The molecule has 0 bridgehead atoms. The standard InChI is InChI=1S/C9H11N3O2S/c1-3-8-6-7(2)4-5-9(8)15(13,14)12-11-10/h4-6H,3H2,1-2H3. The van der Waals surface area contributed by atoms with E-state index in [0.29, 0.717) is 12.0 Å². The summed E-state index contributed by atoms with van der Waals surface area (Å²) >= 11 is 0. The summed E-state index contributed by atoms with van der Waals surface area (Å²) < 4.78 is 25.8. The first-order valence-corrected chi connectivity index (χ1v) is 5.86. The van der Waals surface area contributed by atoms with Gasteiger partial charge in [0.25, 0.3) is 10.0 Å². The predicted molar refractivity (Wildman–Crippen MR) is 56.9 cm³/mol. The summed E-state index contributed by atoms with van der Waals surface area (Å²) in [5, 5.41) is 0. The van der Waals surface area contributed by atoms with Crippen molar-refractivity contribution in [2.45, 2.75) is 25.2 Å². The minimum absolute atomic E-state index is 0.0911. The van der Waals surface area contributed by atoms with Crippen molar-refractivity contribution in [1.29, 1.82) is 0 Å². The number of hydrogen-bond acceptors (Lipinski definition) is 2. The van der Waals surface area contributed by atoms with Crippen LogP contribution in [-0.2, 0) is 16.4 Å². The van der Waals surface area contributed by atoms with Gasteiger partial charge in [0.05, 0.1) is 4.90 Å². The van der Waals surface area contributed by atoms with E-state index in [2.05, 4.69) is 9.43 Å². The van der Waals surface area contributed by atoms with Crippen LogP contribution in [0, 0.1) is 6.92 Å². The fourth-order valence-corrected chi connectivity index (χ4v) is 2.29. The first kappa shape index (κ1) is 11.6. The third kappa shape index (κ3) is 2.49. The van der Waals surface area contributed by atoms with Gasteiger partial charge in [-0.25, -0.2) is 8.42 Å². The van der Waals surface area contributed by atoms with Crippen LogP contribution in [0.2, 0.25) is 0 Å². The topological polar surface area (TPSA) is 82.9 Å². The molecule has 0 spiro atoms. The molecule has 1 aromatic rings. The minimum Gasteiger partial charge on any atom is -0.216 e. The Morgan fingerprint density at radius 3 is 2.67 bits per heavy atom. The van der Waals surface area contributed by atoms with Crippen molar-refractivity contribution in [2.24, 2.45) is 4.52 Å². The van der Waals surface area contributed by atoms with E-state index in [-0.39, 0.29) is 4.90 Å². The second-order valence-electron chi connectivity index (χ2n) is 3.11. The summed E-state index contributed by atoms with van der Waals surface area (Å²) in [6, 6.07) is 4.93. The molecule has 1 rings (SSSR count). The van der Waals surface area contributed by atoms with Crippen molar-refractivity contribution < 1.29 is 8.42 Å². The number of aryl methyl sites for hydroxylation is 2. The first-order chi connectivity index (χ1) is 7.01. The van der Waals surface area contributed by atoms with Gasteiger partial charge in [0.1, 0.15) is 0 Å². The second kappa shape index (κ2) is 4.33. The highest BCUT2D eigenvalue weighted by atomic mass is 32.2. The Hall–Kier alpha value is -1.52. The summed E-state index contributed by atoms with van der Waals surface area (Å²) in [6.45, 7) is 3.73. The summed E-state index contributed by atoms with van der Waals surface area (Å²) in [5.41, 5.74) is 9.81. The fourth-order valence-electron chi connectivity index (χ4n) is 1.33. The monoisotopic (exact) mass is 225 g/mol. The average Bonchev–Trinajstić information content (AvgIpc) is 2.17. The van der Waals surface area contributed by atoms with E-state index in [1.54, 1.807) is 12.1 Å². The van der Waals surface area contributed by atoms with E-state index in [9.17, 15) is 8.42 Å². The molecule has 0 N–H and O–H groups in total. The van der Waals surface area contributed by atoms with E-state index in [0.717, 1.165) is 5.56 Å². The lowest BCUT2D eigenvalue weighted by Crippen LogP contribution is -2.00. The van der Waals surface area contributed by atoms with Gasteiger partial charge >= 0.3 is 0 Å². The molecule has 0 aliphatic heterocycles. The van der Waals surface area contributed by atoms with Gasteiger partial charge in [0.2, 0.25) is 0 Å². The van der Waals surface area contributed by atoms with Crippen molar-refractivity contribution in [3.63, 3.8) is 0 Å². The summed E-state index contributed by atoms with van der Waals surface area (Å²) in [5.74, 6) is 0. The Labute approximate surface area is 88.4 Å². The van der Waals surface area contributed by atoms with Gasteiger partial charge in [-0.3, -0.25) is 0 Å². The molecule has 0 radical (unpaired) electrons. The zero-order chi connectivity index (χ0) is 11.5. The van der Waals surface area contributed by atoms with Gasteiger partial charge in [-0.1, -0.05) is 24.6 Å². The van der Waals surface area contributed by atoms with Crippen molar-refractivity contribution in [1.82, 2.24) is 0 Å². The summed E-state index contributed by atoms with van der Waals surface area (Å²) in [4.78, 5) is 2.41. The molecule has 0 unspecified atom stereocenters. The van der Waals surface area contributed by atoms with Gasteiger partial charge < -0.3 is 0 Å². The molecule has 6 heteroatoms. The predicted octanol–water partition coefficient (Wildman–Crippen LogP) is 2.56. The zero-order valence-corrected chi connectivity index (χ0v) is 9.32. The Morgan fingerprint density at radius 2 is 2.13 bits per heavy atom. The van der Waals surface area contributed by atoms with Crippen molar-refractivity contribution in [3.05, 3.63) is 39.8 Å². The number of sulfonamides is 1. The van der Waals surface area contributed by atoms with Crippen molar-refractivity contribution >= 4 is 10.0 Å². The lowest BCUT2D eigenvalue weighted by atomic mass is 10.1. The molecular formula is C9H11N3O2S. The Bertz CT molecular complexity index is 516. The maximum absolute atomic E-state index is 11.5.